The summed E-state index contributed by atoms with van der Waals surface area (Å²) in [5.41, 5.74) is 4.64. The van der Waals surface area contributed by atoms with Crippen LogP contribution in [0.15, 0.2) is 78.1 Å². The highest BCUT2D eigenvalue weighted by molar-refractivity contribution is 7.98. The van der Waals surface area contributed by atoms with E-state index in [-0.39, 0.29) is 0 Å². The van der Waals surface area contributed by atoms with Crippen molar-refractivity contribution in [2.24, 2.45) is 5.16 Å². The molecule has 0 unspecified atom stereocenters. The maximum absolute atomic E-state index is 5.88. The number of oxime groups is 1. The van der Waals surface area contributed by atoms with E-state index in [0.29, 0.717) is 6.61 Å². The second kappa shape index (κ2) is 13.8. The van der Waals surface area contributed by atoms with E-state index in [1.807, 2.05) is 49.5 Å². The molecule has 0 N–H and O–H groups in total. The molecule has 1 fully saturated rings. The van der Waals surface area contributed by atoms with Crippen LogP contribution in [0.4, 0.5) is 5.69 Å². The zero-order chi connectivity index (χ0) is 24.1. The van der Waals surface area contributed by atoms with Crippen molar-refractivity contribution in [3.63, 3.8) is 0 Å². The summed E-state index contributed by atoms with van der Waals surface area (Å²) < 4.78 is 10.7. The number of hydrogen-bond donors (Lipinski definition) is 0. The lowest BCUT2D eigenvalue weighted by Crippen LogP contribution is -2.14. The number of pyridine rings is 1. The Hall–Kier alpha value is -3.03. The molecule has 2 aromatic carbocycles. The molecular weight excluding hydrogens is 456 g/mol. The van der Waals surface area contributed by atoms with Crippen LogP contribution in [0.3, 0.4) is 0 Å². The van der Waals surface area contributed by atoms with Gasteiger partial charge in [-0.2, -0.15) is 0 Å². The van der Waals surface area contributed by atoms with Crippen LogP contribution in [-0.4, -0.2) is 48.4 Å². The van der Waals surface area contributed by atoms with Crippen molar-refractivity contribution in [3.05, 3.63) is 89.7 Å². The fraction of sp³-hybridized carbons (Fsp3) is 0.357. The quantitative estimate of drug-likeness (QED) is 0.127. The van der Waals surface area contributed by atoms with Gasteiger partial charge in [0.1, 0.15) is 12.4 Å². The van der Waals surface area contributed by atoms with E-state index in [9.17, 15) is 0 Å². The van der Waals surface area contributed by atoms with Crippen LogP contribution in [0.1, 0.15) is 43.0 Å². The third-order valence-corrected chi connectivity index (χ3v) is 6.88. The first kappa shape index (κ1) is 25.1. The molecule has 0 spiro atoms. The average Bonchev–Trinajstić information content (AvgIpc) is 3.37. The highest BCUT2D eigenvalue weighted by atomic mass is 32.2. The van der Waals surface area contributed by atoms with Crippen LogP contribution in [-0.2, 0) is 11.3 Å². The number of hydrogen-bond acceptors (Lipinski definition) is 7. The van der Waals surface area contributed by atoms with Gasteiger partial charge in [-0.3, -0.25) is 4.98 Å². The van der Waals surface area contributed by atoms with Gasteiger partial charge in [0.15, 0.2) is 0 Å². The van der Waals surface area contributed by atoms with E-state index in [0.717, 1.165) is 62.5 Å². The maximum Gasteiger partial charge on any atom is 0.119 e. The minimum absolute atomic E-state index is 0.577. The minimum Gasteiger partial charge on any atom is -0.494 e. The summed E-state index contributed by atoms with van der Waals surface area (Å²) in [4.78, 5) is 9.56. The Labute approximate surface area is 213 Å². The van der Waals surface area contributed by atoms with Gasteiger partial charge >= 0.3 is 0 Å². The lowest BCUT2D eigenvalue weighted by atomic mass is 10.1. The van der Waals surface area contributed by atoms with Crippen molar-refractivity contribution >= 4 is 24.0 Å². The fourth-order valence-corrected chi connectivity index (χ4v) is 4.88. The first-order valence-electron chi connectivity index (χ1n) is 12.4. The van der Waals surface area contributed by atoms with Crippen molar-refractivity contribution < 1.29 is 9.57 Å². The third-order valence-electron chi connectivity index (χ3n) is 5.69. The minimum atomic E-state index is 0.577. The molecule has 184 valence electrons. The van der Waals surface area contributed by atoms with Crippen molar-refractivity contribution in [1.82, 2.24) is 9.29 Å². The fourth-order valence-electron chi connectivity index (χ4n) is 3.85. The molecule has 0 atom stereocenters. The number of nitrogens with zero attached hydrogens (tertiary/aromatic N) is 4. The second-order valence-electron chi connectivity index (χ2n) is 8.41. The van der Waals surface area contributed by atoms with Crippen LogP contribution in [0, 0.1) is 0 Å². The Morgan fingerprint density at radius 3 is 2.69 bits per heavy atom. The Morgan fingerprint density at radius 2 is 1.86 bits per heavy atom. The average molecular weight is 491 g/mol. The van der Waals surface area contributed by atoms with Gasteiger partial charge in [0.25, 0.3) is 0 Å². The van der Waals surface area contributed by atoms with Crippen LogP contribution in [0.25, 0.3) is 0 Å². The van der Waals surface area contributed by atoms with Gasteiger partial charge < -0.3 is 13.9 Å². The van der Waals surface area contributed by atoms with Crippen LogP contribution in [0.5, 0.6) is 5.75 Å². The normalized spacial score (nSPS) is 14.0. The molecular formula is C28H34N4O2S. The standard InChI is InChI=1S/C28H34N4O2S/c1-2-34-30-23-25-11-13-28(14-12-25)33-20-8-4-7-17-31-18-19-32(35-31)27-15-16-29-26(22-27)21-24-9-5-3-6-10-24/h3,5-6,9-16,22-23H,2,4,7-8,17-21H2,1H3/b30-23+. The molecule has 6 nitrogen and oxygen atoms in total. The molecule has 3 aromatic rings. The number of anilines is 1. The maximum atomic E-state index is 5.88. The second-order valence-corrected chi connectivity index (χ2v) is 9.53. The van der Waals surface area contributed by atoms with E-state index < -0.39 is 0 Å². The summed E-state index contributed by atoms with van der Waals surface area (Å²) >= 11 is 1.84. The number of aromatic nitrogens is 1. The van der Waals surface area contributed by atoms with E-state index in [4.69, 9.17) is 9.57 Å². The van der Waals surface area contributed by atoms with Crippen molar-refractivity contribution in [1.29, 1.82) is 0 Å². The number of rotatable bonds is 13. The summed E-state index contributed by atoms with van der Waals surface area (Å²) in [6.45, 7) is 6.44. The van der Waals surface area contributed by atoms with Crippen LogP contribution >= 0.6 is 12.1 Å². The Bertz CT molecular complexity index is 1050. The lowest BCUT2D eigenvalue weighted by molar-refractivity contribution is 0.160. The topological polar surface area (TPSA) is 50.2 Å². The molecule has 0 saturated carbocycles. The predicted molar refractivity (Wildman–Crippen MR) is 145 cm³/mol. The molecule has 1 saturated heterocycles. The highest BCUT2D eigenvalue weighted by Gasteiger charge is 2.21. The van der Waals surface area contributed by atoms with Gasteiger partial charge in [0, 0.05) is 50.1 Å². The molecule has 0 bridgehead atoms. The van der Waals surface area contributed by atoms with Gasteiger partial charge in [0.2, 0.25) is 0 Å². The zero-order valence-corrected chi connectivity index (χ0v) is 21.2. The molecule has 1 aromatic heterocycles. The number of unbranched alkanes of at least 4 members (excludes halogenated alkanes) is 2. The monoisotopic (exact) mass is 490 g/mol. The molecule has 1 aliphatic heterocycles. The molecule has 35 heavy (non-hydrogen) atoms. The Kier molecular flexibility index (Phi) is 9.85. The van der Waals surface area contributed by atoms with Gasteiger partial charge in [0.05, 0.1) is 18.5 Å². The zero-order valence-electron chi connectivity index (χ0n) is 20.4. The SMILES string of the molecule is CCO/N=C/c1ccc(OCCCCCN2CCN(c3ccnc(Cc4ccccc4)c3)S2)cc1. The summed E-state index contributed by atoms with van der Waals surface area (Å²) in [5.74, 6) is 0.897. The predicted octanol–water partition coefficient (Wildman–Crippen LogP) is 5.98. The van der Waals surface area contributed by atoms with E-state index >= 15 is 0 Å². The van der Waals surface area contributed by atoms with Gasteiger partial charge in [-0.05, 0) is 73.7 Å². The summed E-state index contributed by atoms with van der Waals surface area (Å²) in [6.07, 6.45) is 7.90. The number of benzene rings is 2. The van der Waals surface area contributed by atoms with E-state index in [1.54, 1.807) is 6.21 Å². The molecule has 2 heterocycles. The van der Waals surface area contributed by atoms with E-state index in [2.05, 4.69) is 61.2 Å². The van der Waals surface area contributed by atoms with Crippen molar-refractivity contribution in [2.45, 2.75) is 32.6 Å². The van der Waals surface area contributed by atoms with Gasteiger partial charge in [-0.15, -0.1) is 0 Å². The van der Waals surface area contributed by atoms with Crippen molar-refractivity contribution in [3.8, 4) is 5.75 Å². The van der Waals surface area contributed by atoms with Gasteiger partial charge in [-0.25, -0.2) is 4.31 Å². The van der Waals surface area contributed by atoms with Crippen molar-refractivity contribution in [2.75, 3.05) is 37.2 Å². The molecule has 0 radical (unpaired) electrons. The summed E-state index contributed by atoms with van der Waals surface area (Å²) in [7, 11) is 0. The molecule has 4 rings (SSSR count). The Balaban J connectivity index is 1.12. The first-order chi connectivity index (χ1) is 17.3. The Morgan fingerprint density at radius 1 is 1.00 bits per heavy atom. The molecule has 0 amide bonds. The smallest absolute Gasteiger partial charge is 0.119 e. The number of ether oxygens (including phenoxy) is 1. The lowest BCUT2D eigenvalue weighted by Gasteiger charge is -2.18. The van der Waals surface area contributed by atoms with Gasteiger partial charge in [-0.1, -0.05) is 35.5 Å². The molecule has 7 heteroatoms. The van der Waals surface area contributed by atoms with Crippen LogP contribution < -0.4 is 9.04 Å². The summed E-state index contributed by atoms with van der Waals surface area (Å²) in [6, 6.07) is 22.8. The van der Waals surface area contributed by atoms with E-state index in [1.165, 1.54) is 17.7 Å². The largest absolute Gasteiger partial charge is 0.494 e. The molecule has 1 aliphatic rings. The van der Waals surface area contributed by atoms with Crippen LogP contribution in [0.2, 0.25) is 0 Å². The molecule has 0 aliphatic carbocycles. The summed E-state index contributed by atoms with van der Waals surface area (Å²) in [5, 5.41) is 3.88. The first-order valence-corrected chi connectivity index (χ1v) is 13.1. The third kappa shape index (κ3) is 8.30. The highest BCUT2D eigenvalue weighted by Crippen LogP contribution is 2.30.